The van der Waals surface area contributed by atoms with Gasteiger partial charge < -0.3 is 9.47 Å². The Kier molecular flexibility index (Phi) is 4.99. The smallest absolute Gasteiger partial charge is 0.250 e. The van der Waals surface area contributed by atoms with Crippen LogP contribution < -0.4 is 10.1 Å². The molecular weight excluding hydrogens is 314 g/mol. The number of aromatic nitrogens is 2. The van der Waals surface area contributed by atoms with Crippen molar-refractivity contribution >= 4 is 28.5 Å². The van der Waals surface area contributed by atoms with E-state index >= 15 is 0 Å². The van der Waals surface area contributed by atoms with Gasteiger partial charge in [-0.3, -0.25) is 10.1 Å². The van der Waals surface area contributed by atoms with Gasteiger partial charge in [0.15, 0.2) is 0 Å². The molecule has 2 aromatic rings. The van der Waals surface area contributed by atoms with E-state index in [1.807, 2.05) is 24.3 Å². The van der Waals surface area contributed by atoms with Crippen molar-refractivity contribution in [1.29, 1.82) is 0 Å². The first kappa shape index (κ1) is 15.6. The van der Waals surface area contributed by atoms with Crippen LogP contribution in [0.4, 0.5) is 5.13 Å². The minimum atomic E-state index is -0.247. The highest BCUT2D eigenvalue weighted by molar-refractivity contribution is 7.15. The van der Waals surface area contributed by atoms with Crippen molar-refractivity contribution in [2.45, 2.75) is 18.9 Å². The van der Waals surface area contributed by atoms with E-state index in [-0.39, 0.29) is 12.0 Å². The van der Waals surface area contributed by atoms with Gasteiger partial charge in [0.25, 0.3) is 0 Å². The number of carbonyl (C=O) groups is 1. The van der Waals surface area contributed by atoms with Crippen LogP contribution in [0.2, 0.25) is 0 Å². The Hall–Kier alpha value is -2.25. The molecule has 1 fully saturated rings. The van der Waals surface area contributed by atoms with Crippen molar-refractivity contribution < 1.29 is 14.3 Å². The maximum atomic E-state index is 11.9. The summed E-state index contributed by atoms with van der Waals surface area (Å²) in [6.07, 6.45) is 5.19. The fraction of sp³-hybridized carbons (Fsp3) is 0.312. The van der Waals surface area contributed by atoms with Crippen LogP contribution in [0.1, 0.15) is 29.5 Å². The molecule has 0 aliphatic carbocycles. The van der Waals surface area contributed by atoms with E-state index in [9.17, 15) is 4.79 Å². The lowest BCUT2D eigenvalue weighted by Crippen LogP contribution is -2.07. The molecule has 1 aromatic heterocycles. The number of carbonyl (C=O) groups excluding carboxylic acids is 1. The molecule has 120 valence electrons. The summed E-state index contributed by atoms with van der Waals surface area (Å²) in [7, 11) is 1.61. The zero-order valence-corrected chi connectivity index (χ0v) is 13.5. The molecule has 1 amide bonds. The van der Waals surface area contributed by atoms with Gasteiger partial charge in [0.1, 0.15) is 16.9 Å². The van der Waals surface area contributed by atoms with Gasteiger partial charge in [0.2, 0.25) is 11.0 Å². The molecule has 7 heteroatoms. The highest BCUT2D eigenvalue weighted by atomic mass is 32.1. The number of benzene rings is 1. The lowest BCUT2D eigenvalue weighted by atomic mass is 10.2. The van der Waals surface area contributed by atoms with Crippen molar-refractivity contribution in [2.24, 2.45) is 0 Å². The maximum Gasteiger partial charge on any atom is 0.250 e. The van der Waals surface area contributed by atoms with Gasteiger partial charge >= 0.3 is 0 Å². The van der Waals surface area contributed by atoms with Crippen LogP contribution in [0.25, 0.3) is 6.08 Å². The fourth-order valence-electron chi connectivity index (χ4n) is 2.25. The second kappa shape index (κ2) is 7.34. The highest BCUT2D eigenvalue weighted by Gasteiger charge is 2.22. The number of rotatable bonds is 5. The summed E-state index contributed by atoms with van der Waals surface area (Å²) in [5.74, 6) is 0.501. The Labute approximate surface area is 138 Å². The van der Waals surface area contributed by atoms with Crippen LogP contribution in [0.15, 0.2) is 30.3 Å². The highest BCUT2D eigenvalue weighted by Crippen LogP contribution is 2.31. The molecule has 1 aromatic carbocycles. The average Bonchev–Trinajstić information content (AvgIpc) is 3.24. The number of amides is 1. The van der Waals surface area contributed by atoms with E-state index in [1.165, 1.54) is 17.4 Å². The van der Waals surface area contributed by atoms with Crippen LogP contribution in [0.5, 0.6) is 5.75 Å². The molecule has 3 rings (SSSR count). The third-order valence-electron chi connectivity index (χ3n) is 3.40. The average molecular weight is 331 g/mol. The van der Waals surface area contributed by atoms with Gasteiger partial charge in [0.05, 0.1) is 7.11 Å². The Morgan fingerprint density at radius 3 is 3.17 bits per heavy atom. The molecule has 0 radical (unpaired) electrons. The minimum Gasteiger partial charge on any atom is -0.497 e. The Bertz CT molecular complexity index is 708. The van der Waals surface area contributed by atoms with Crippen molar-refractivity contribution in [3.8, 4) is 5.75 Å². The molecule has 0 bridgehead atoms. The molecule has 0 spiro atoms. The maximum absolute atomic E-state index is 11.9. The molecule has 1 aliphatic rings. The lowest BCUT2D eigenvalue weighted by Gasteiger charge is -2.02. The Morgan fingerprint density at radius 1 is 1.48 bits per heavy atom. The normalized spacial score (nSPS) is 17.5. The van der Waals surface area contributed by atoms with E-state index in [2.05, 4.69) is 15.5 Å². The number of methoxy groups -OCH3 is 1. The molecule has 6 nitrogen and oxygen atoms in total. The molecule has 1 atom stereocenters. The molecular formula is C16H17N3O3S. The van der Waals surface area contributed by atoms with E-state index in [0.717, 1.165) is 35.8 Å². The summed E-state index contributed by atoms with van der Waals surface area (Å²) < 4.78 is 10.7. The minimum absolute atomic E-state index is 0.0190. The summed E-state index contributed by atoms with van der Waals surface area (Å²) in [6, 6.07) is 7.47. The molecule has 0 saturated carbocycles. The second-order valence-electron chi connectivity index (χ2n) is 5.05. The quantitative estimate of drug-likeness (QED) is 0.853. The van der Waals surface area contributed by atoms with Crippen LogP contribution >= 0.6 is 11.3 Å². The van der Waals surface area contributed by atoms with E-state index in [4.69, 9.17) is 9.47 Å². The van der Waals surface area contributed by atoms with Gasteiger partial charge in [0, 0.05) is 12.7 Å². The summed E-state index contributed by atoms with van der Waals surface area (Å²) >= 11 is 1.35. The number of hydrogen-bond acceptors (Lipinski definition) is 6. The number of nitrogens with zero attached hydrogens (tertiary/aromatic N) is 2. The van der Waals surface area contributed by atoms with Crippen molar-refractivity contribution in [1.82, 2.24) is 10.2 Å². The molecule has 1 unspecified atom stereocenters. The zero-order chi connectivity index (χ0) is 16.1. The number of anilines is 1. The number of hydrogen-bond donors (Lipinski definition) is 1. The SMILES string of the molecule is COc1cccc(/C=C/C(=O)Nc2nnc(C3CCCO3)s2)c1. The van der Waals surface area contributed by atoms with Crippen LogP contribution in [0, 0.1) is 0 Å². The summed E-state index contributed by atoms with van der Waals surface area (Å²) in [5, 5.41) is 12.1. The van der Waals surface area contributed by atoms with Gasteiger partial charge in [-0.2, -0.15) is 0 Å². The zero-order valence-electron chi connectivity index (χ0n) is 12.7. The lowest BCUT2D eigenvalue weighted by molar-refractivity contribution is -0.111. The number of nitrogens with one attached hydrogen (secondary N) is 1. The third-order valence-corrected chi connectivity index (χ3v) is 4.33. The second-order valence-corrected chi connectivity index (χ2v) is 6.06. The van der Waals surface area contributed by atoms with Crippen molar-refractivity contribution in [2.75, 3.05) is 19.0 Å². The van der Waals surface area contributed by atoms with E-state index < -0.39 is 0 Å². The Morgan fingerprint density at radius 2 is 2.39 bits per heavy atom. The summed E-state index contributed by atoms with van der Waals surface area (Å²) in [4.78, 5) is 11.9. The van der Waals surface area contributed by atoms with Gasteiger partial charge in [-0.1, -0.05) is 23.5 Å². The largest absolute Gasteiger partial charge is 0.497 e. The molecule has 1 N–H and O–H groups in total. The van der Waals surface area contributed by atoms with Crippen molar-refractivity contribution in [3.63, 3.8) is 0 Å². The molecule has 1 aliphatic heterocycles. The standard InChI is InChI=1S/C16H17N3O3S/c1-21-12-5-2-4-11(10-12)7-8-14(20)17-16-19-18-15(23-16)13-6-3-9-22-13/h2,4-5,7-8,10,13H,3,6,9H2,1H3,(H,17,19,20)/b8-7+. The third kappa shape index (κ3) is 4.14. The first-order chi connectivity index (χ1) is 11.2. The van der Waals surface area contributed by atoms with Gasteiger partial charge in [-0.05, 0) is 36.6 Å². The van der Waals surface area contributed by atoms with E-state index in [1.54, 1.807) is 13.2 Å². The molecule has 1 saturated heterocycles. The Balaban J connectivity index is 1.59. The summed E-state index contributed by atoms with van der Waals surface area (Å²) in [6.45, 7) is 0.759. The predicted octanol–water partition coefficient (Wildman–Crippen LogP) is 3.05. The fourth-order valence-corrected chi connectivity index (χ4v) is 3.08. The topological polar surface area (TPSA) is 73.3 Å². The van der Waals surface area contributed by atoms with Crippen molar-refractivity contribution in [3.05, 3.63) is 40.9 Å². The van der Waals surface area contributed by atoms with Crippen LogP contribution in [0.3, 0.4) is 0 Å². The predicted molar refractivity (Wildman–Crippen MR) is 88.5 cm³/mol. The van der Waals surface area contributed by atoms with Gasteiger partial charge in [-0.15, -0.1) is 10.2 Å². The first-order valence-electron chi connectivity index (χ1n) is 7.33. The monoisotopic (exact) mass is 331 g/mol. The van der Waals surface area contributed by atoms with Gasteiger partial charge in [-0.25, -0.2) is 0 Å². The summed E-state index contributed by atoms with van der Waals surface area (Å²) in [5.41, 5.74) is 0.886. The van der Waals surface area contributed by atoms with E-state index in [0.29, 0.717) is 5.13 Å². The first-order valence-corrected chi connectivity index (χ1v) is 8.14. The number of ether oxygens (including phenoxy) is 2. The van der Waals surface area contributed by atoms with Crippen LogP contribution in [-0.2, 0) is 9.53 Å². The molecule has 2 heterocycles. The molecule has 23 heavy (non-hydrogen) atoms. The van der Waals surface area contributed by atoms with Crippen LogP contribution in [-0.4, -0.2) is 29.8 Å².